The van der Waals surface area contributed by atoms with Gasteiger partial charge in [0.1, 0.15) is 10.8 Å². The van der Waals surface area contributed by atoms with Gasteiger partial charge in [0.2, 0.25) is 0 Å². The fraction of sp³-hybridized carbons (Fsp3) is 0.286. The van der Waals surface area contributed by atoms with Gasteiger partial charge < -0.3 is 4.57 Å². The lowest BCUT2D eigenvalue weighted by atomic mass is 10.3. The lowest BCUT2D eigenvalue weighted by Gasteiger charge is -2.14. The van der Waals surface area contributed by atoms with Crippen molar-refractivity contribution in [3.63, 3.8) is 0 Å². The van der Waals surface area contributed by atoms with Crippen LogP contribution < -0.4 is 0 Å². The smallest absolute Gasteiger partial charge is 0.125 e. The van der Waals surface area contributed by atoms with Crippen molar-refractivity contribution < 1.29 is 0 Å². The summed E-state index contributed by atoms with van der Waals surface area (Å²) in [5, 5.41) is 1.74. The van der Waals surface area contributed by atoms with E-state index in [0.717, 1.165) is 21.9 Å². The molecule has 0 N–H and O–H groups in total. The Bertz CT molecular complexity index is 763. The van der Waals surface area contributed by atoms with Gasteiger partial charge in [-0.3, -0.25) is 0 Å². The summed E-state index contributed by atoms with van der Waals surface area (Å²) < 4.78 is 2.14. The quantitative estimate of drug-likeness (QED) is 0.647. The largest absolute Gasteiger partial charge is 0.317 e. The molecule has 3 nitrogen and oxygen atoms in total. The van der Waals surface area contributed by atoms with E-state index < -0.39 is 0 Å². The van der Waals surface area contributed by atoms with Crippen LogP contribution in [0.15, 0.2) is 24.4 Å². The van der Waals surface area contributed by atoms with E-state index in [2.05, 4.69) is 28.4 Å². The maximum absolute atomic E-state index is 6.05. The fourth-order valence-corrected chi connectivity index (χ4v) is 3.50. The van der Waals surface area contributed by atoms with Gasteiger partial charge >= 0.3 is 0 Å². The number of nitrogens with zero attached hydrogens (tertiary/aromatic N) is 3. The number of alkyl halides is 1. The van der Waals surface area contributed by atoms with Crippen LogP contribution in [0.5, 0.6) is 0 Å². The van der Waals surface area contributed by atoms with E-state index in [0.29, 0.717) is 10.9 Å². The molecule has 1 aromatic carbocycles. The van der Waals surface area contributed by atoms with Gasteiger partial charge in [0.25, 0.3) is 0 Å². The second kappa shape index (κ2) is 5.35. The number of fused-ring (bicyclic) bond motifs is 1. The van der Waals surface area contributed by atoms with E-state index in [1.807, 2.05) is 24.4 Å². The van der Waals surface area contributed by atoms with Gasteiger partial charge in [-0.1, -0.05) is 11.6 Å². The average molecular weight is 326 g/mol. The number of hydrogen-bond donors (Lipinski definition) is 0. The fourth-order valence-electron chi connectivity index (χ4n) is 2.32. The van der Waals surface area contributed by atoms with Crippen molar-refractivity contribution in [2.75, 3.05) is 0 Å². The summed E-state index contributed by atoms with van der Waals surface area (Å²) in [6, 6.07) is 5.83. The molecule has 0 aliphatic heterocycles. The summed E-state index contributed by atoms with van der Waals surface area (Å²) in [7, 11) is 0. The highest BCUT2D eigenvalue weighted by Crippen LogP contribution is 2.30. The van der Waals surface area contributed by atoms with E-state index in [9.17, 15) is 0 Å². The molecule has 0 saturated carbocycles. The van der Waals surface area contributed by atoms with Crippen molar-refractivity contribution in [3.05, 3.63) is 45.1 Å². The number of halogens is 2. The third-order valence-corrected chi connectivity index (χ3v) is 4.79. The maximum Gasteiger partial charge on any atom is 0.125 e. The van der Waals surface area contributed by atoms with Crippen LogP contribution >= 0.6 is 34.5 Å². The van der Waals surface area contributed by atoms with E-state index in [-0.39, 0.29) is 6.04 Å². The summed E-state index contributed by atoms with van der Waals surface area (Å²) in [5.74, 6) is 1.20. The Kier molecular flexibility index (Phi) is 3.71. The van der Waals surface area contributed by atoms with Gasteiger partial charge in [-0.15, -0.1) is 22.9 Å². The molecule has 0 aliphatic carbocycles. The minimum Gasteiger partial charge on any atom is -0.317 e. The van der Waals surface area contributed by atoms with E-state index in [1.54, 1.807) is 11.3 Å². The first-order valence-electron chi connectivity index (χ1n) is 6.25. The van der Waals surface area contributed by atoms with Crippen LogP contribution in [-0.2, 0) is 5.88 Å². The van der Waals surface area contributed by atoms with E-state index in [1.165, 1.54) is 4.88 Å². The Hall–Kier alpha value is -1.10. The Labute approximate surface area is 131 Å². The molecule has 1 atom stereocenters. The first-order valence-corrected chi connectivity index (χ1v) is 7.97. The predicted molar refractivity (Wildman–Crippen MR) is 85.0 cm³/mol. The molecule has 104 valence electrons. The molecule has 6 heteroatoms. The zero-order chi connectivity index (χ0) is 14.3. The predicted octanol–water partition coefficient (Wildman–Crippen LogP) is 4.80. The zero-order valence-corrected chi connectivity index (χ0v) is 13.4. The first kappa shape index (κ1) is 13.9. The third-order valence-electron chi connectivity index (χ3n) is 3.23. The van der Waals surface area contributed by atoms with Gasteiger partial charge in [0.05, 0.1) is 23.0 Å². The number of aryl methyl sites for hydroxylation is 1. The Morgan fingerprint density at radius 3 is 2.85 bits per heavy atom. The molecular weight excluding hydrogens is 313 g/mol. The van der Waals surface area contributed by atoms with Crippen LogP contribution in [0.25, 0.3) is 11.0 Å². The van der Waals surface area contributed by atoms with Gasteiger partial charge in [-0.25, -0.2) is 9.97 Å². The van der Waals surface area contributed by atoms with Crippen molar-refractivity contribution in [2.45, 2.75) is 25.8 Å². The molecule has 0 spiro atoms. The molecule has 0 saturated heterocycles. The van der Waals surface area contributed by atoms with Gasteiger partial charge in [-0.05, 0) is 32.0 Å². The molecule has 3 aromatic rings. The van der Waals surface area contributed by atoms with Crippen LogP contribution in [0.2, 0.25) is 5.02 Å². The Morgan fingerprint density at radius 1 is 1.40 bits per heavy atom. The lowest BCUT2D eigenvalue weighted by molar-refractivity contribution is 0.630. The van der Waals surface area contributed by atoms with Crippen LogP contribution in [0, 0.1) is 6.92 Å². The highest BCUT2D eigenvalue weighted by molar-refractivity contribution is 7.11. The highest BCUT2D eigenvalue weighted by atomic mass is 35.5. The number of rotatable bonds is 3. The topological polar surface area (TPSA) is 30.7 Å². The molecular formula is C14H13Cl2N3S. The average Bonchev–Trinajstić information content (AvgIpc) is 3.00. The van der Waals surface area contributed by atoms with Crippen molar-refractivity contribution in [1.29, 1.82) is 0 Å². The van der Waals surface area contributed by atoms with Crippen LogP contribution in [-0.4, -0.2) is 14.5 Å². The molecule has 1 unspecified atom stereocenters. The van der Waals surface area contributed by atoms with Crippen molar-refractivity contribution in [2.24, 2.45) is 0 Å². The minimum absolute atomic E-state index is 0.105. The van der Waals surface area contributed by atoms with Crippen molar-refractivity contribution in [1.82, 2.24) is 14.5 Å². The van der Waals surface area contributed by atoms with Gasteiger partial charge in [0, 0.05) is 16.1 Å². The Balaban J connectivity index is 2.18. The summed E-state index contributed by atoms with van der Waals surface area (Å²) in [4.78, 5) is 10.2. The van der Waals surface area contributed by atoms with Crippen LogP contribution in [0.1, 0.15) is 28.7 Å². The first-order chi connectivity index (χ1) is 9.60. The summed E-state index contributed by atoms with van der Waals surface area (Å²) in [5.41, 5.74) is 1.90. The molecule has 0 bridgehead atoms. The summed E-state index contributed by atoms with van der Waals surface area (Å²) in [6.07, 6.45) is 1.90. The summed E-state index contributed by atoms with van der Waals surface area (Å²) >= 11 is 13.8. The number of thiazole rings is 1. The SMILES string of the molecule is Cc1cnc(C(C)n2c(CCl)nc3cc(Cl)ccc32)s1. The van der Waals surface area contributed by atoms with Crippen LogP contribution in [0.4, 0.5) is 0 Å². The summed E-state index contributed by atoms with van der Waals surface area (Å²) in [6.45, 7) is 4.17. The number of imidazole rings is 1. The normalized spacial score (nSPS) is 13.0. The zero-order valence-electron chi connectivity index (χ0n) is 11.1. The molecule has 0 amide bonds. The van der Waals surface area contributed by atoms with Crippen molar-refractivity contribution in [3.8, 4) is 0 Å². The molecule has 0 fully saturated rings. The lowest BCUT2D eigenvalue weighted by Crippen LogP contribution is -2.09. The van der Waals surface area contributed by atoms with E-state index >= 15 is 0 Å². The molecule has 0 aliphatic rings. The Morgan fingerprint density at radius 2 is 2.20 bits per heavy atom. The van der Waals surface area contributed by atoms with Gasteiger partial charge in [-0.2, -0.15) is 0 Å². The highest BCUT2D eigenvalue weighted by Gasteiger charge is 2.19. The van der Waals surface area contributed by atoms with Crippen molar-refractivity contribution >= 4 is 45.6 Å². The van der Waals surface area contributed by atoms with Gasteiger partial charge in [0.15, 0.2) is 0 Å². The second-order valence-corrected chi connectivity index (χ2v) is 6.62. The second-order valence-electron chi connectivity index (χ2n) is 4.65. The standard InChI is InChI=1S/C14H13Cl2N3S/c1-8-7-17-14(20-8)9(2)19-12-4-3-10(16)5-11(12)18-13(19)6-15/h3-5,7,9H,6H2,1-2H3. The molecule has 20 heavy (non-hydrogen) atoms. The molecule has 2 aromatic heterocycles. The molecule has 0 radical (unpaired) electrons. The third kappa shape index (κ3) is 2.32. The maximum atomic E-state index is 6.05. The minimum atomic E-state index is 0.105. The molecule has 2 heterocycles. The molecule has 3 rings (SSSR count). The van der Waals surface area contributed by atoms with Crippen LogP contribution in [0.3, 0.4) is 0 Å². The number of aromatic nitrogens is 3. The monoisotopic (exact) mass is 325 g/mol. The number of benzene rings is 1. The van der Waals surface area contributed by atoms with E-state index in [4.69, 9.17) is 23.2 Å². The number of hydrogen-bond acceptors (Lipinski definition) is 3.